The van der Waals surface area contributed by atoms with E-state index in [4.69, 9.17) is 4.98 Å². The van der Waals surface area contributed by atoms with Gasteiger partial charge in [-0.2, -0.15) is 0 Å². The normalized spacial score (nSPS) is 12.6. The standard InChI is InChI=1S/C19H17N4/c1-13-10-15-18(12-17(13)22-9-5-8-21(22)2)23-16-7-4-3-6-14(16)11-19(23)20-15/h3-10,12H,11H2,1-2H3/q+1. The van der Waals surface area contributed by atoms with Gasteiger partial charge < -0.3 is 0 Å². The molecule has 0 radical (unpaired) electrons. The van der Waals surface area contributed by atoms with Crippen molar-refractivity contribution in [1.82, 2.24) is 14.2 Å². The number of hydrogen-bond acceptors (Lipinski definition) is 1. The molecule has 0 bridgehead atoms. The molecule has 3 heterocycles. The SMILES string of the molecule is Cc1cc2nc3n(c2cc1-n1ccc[n+]1C)-c1ccccc1C3. The summed E-state index contributed by atoms with van der Waals surface area (Å²) in [6.45, 7) is 2.15. The lowest BCUT2D eigenvalue weighted by molar-refractivity contribution is -0.744. The van der Waals surface area contributed by atoms with Crippen molar-refractivity contribution in [2.75, 3.05) is 0 Å². The van der Waals surface area contributed by atoms with E-state index in [9.17, 15) is 0 Å². The summed E-state index contributed by atoms with van der Waals surface area (Å²) in [5.74, 6) is 1.13. The Kier molecular flexibility index (Phi) is 2.37. The Morgan fingerprint density at radius 1 is 1.09 bits per heavy atom. The molecule has 2 aromatic carbocycles. The summed E-state index contributed by atoms with van der Waals surface area (Å²) < 4.78 is 6.55. The minimum Gasteiger partial charge on any atom is -0.296 e. The van der Waals surface area contributed by atoms with Gasteiger partial charge in [0.2, 0.25) is 0 Å². The molecular formula is C19H17N4+. The number of hydrogen-bond donors (Lipinski definition) is 0. The number of aromatic nitrogens is 4. The van der Waals surface area contributed by atoms with Crippen LogP contribution >= 0.6 is 0 Å². The van der Waals surface area contributed by atoms with E-state index in [0.717, 1.165) is 17.8 Å². The van der Waals surface area contributed by atoms with Crippen LogP contribution in [0.15, 0.2) is 54.9 Å². The quantitative estimate of drug-likeness (QED) is 0.437. The Bertz CT molecular complexity index is 1070. The maximum absolute atomic E-state index is 4.86. The highest BCUT2D eigenvalue weighted by atomic mass is 15.4. The summed E-state index contributed by atoms with van der Waals surface area (Å²) in [6.07, 6.45) is 5.06. The summed E-state index contributed by atoms with van der Waals surface area (Å²) in [4.78, 5) is 4.86. The fourth-order valence-corrected chi connectivity index (χ4v) is 3.62. The maximum Gasteiger partial charge on any atom is 0.195 e. The number of benzene rings is 2. The second-order valence-electron chi connectivity index (χ2n) is 6.21. The molecule has 0 saturated heterocycles. The maximum atomic E-state index is 4.86. The molecule has 4 nitrogen and oxygen atoms in total. The molecule has 0 saturated carbocycles. The molecule has 0 N–H and O–H groups in total. The Morgan fingerprint density at radius 3 is 2.78 bits per heavy atom. The predicted molar refractivity (Wildman–Crippen MR) is 89.1 cm³/mol. The Labute approximate surface area is 134 Å². The molecule has 5 rings (SSSR count). The van der Waals surface area contributed by atoms with Gasteiger partial charge in [-0.3, -0.25) is 4.57 Å². The molecule has 2 aromatic heterocycles. The van der Waals surface area contributed by atoms with E-state index in [1.165, 1.54) is 28.0 Å². The van der Waals surface area contributed by atoms with Gasteiger partial charge in [0.1, 0.15) is 11.5 Å². The first-order valence-electron chi connectivity index (χ1n) is 7.86. The minimum absolute atomic E-state index is 0.913. The summed E-state index contributed by atoms with van der Waals surface area (Å²) in [5, 5.41) is 0. The molecule has 0 amide bonds. The van der Waals surface area contributed by atoms with E-state index in [0.29, 0.717) is 0 Å². The van der Waals surface area contributed by atoms with Crippen LogP contribution < -0.4 is 4.68 Å². The lowest BCUT2D eigenvalue weighted by atomic mass is 10.1. The molecule has 0 unspecified atom stereocenters. The number of fused-ring (bicyclic) bond motifs is 5. The van der Waals surface area contributed by atoms with Gasteiger partial charge >= 0.3 is 0 Å². The summed E-state index contributed by atoms with van der Waals surface area (Å²) in [6, 6.07) is 15.1. The van der Waals surface area contributed by atoms with Gasteiger partial charge in [0.05, 0.1) is 22.9 Å². The highest BCUT2D eigenvalue weighted by molar-refractivity contribution is 5.83. The van der Waals surface area contributed by atoms with E-state index < -0.39 is 0 Å². The zero-order valence-electron chi connectivity index (χ0n) is 13.2. The first-order valence-corrected chi connectivity index (χ1v) is 7.86. The lowest BCUT2D eigenvalue weighted by Gasteiger charge is -2.08. The number of nitrogens with zero attached hydrogens (tertiary/aromatic N) is 4. The van der Waals surface area contributed by atoms with Crippen molar-refractivity contribution < 1.29 is 4.68 Å². The Morgan fingerprint density at radius 2 is 1.96 bits per heavy atom. The van der Waals surface area contributed by atoms with E-state index in [2.05, 4.69) is 82.8 Å². The van der Waals surface area contributed by atoms with E-state index >= 15 is 0 Å². The number of rotatable bonds is 1. The van der Waals surface area contributed by atoms with Crippen LogP contribution in [-0.4, -0.2) is 14.2 Å². The van der Waals surface area contributed by atoms with Crippen molar-refractivity contribution in [1.29, 1.82) is 0 Å². The third-order valence-corrected chi connectivity index (χ3v) is 4.74. The van der Waals surface area contributed by atoms with Gasteiger partial charge in [-0.05, 0) is 36.2 Å². The molecule has 1 aliphatic rings. The van der Waals surface area contributed by atoms with Crippen LogP contribution in [0.25, 0.3) is 22.4 Å². The molecule has 4 heteroatoms. The topological polar surface area (TPSA) is 26.6 Å². The van der Waals surface area contributed by atoms with Crippen molar-refractivity contribution in [2.45, 2.75) is 13.3 Å². The molecule has 0 aliphatic carbocycles. The zero-order chi connectivity index (χ0) is 15.6. The van der Waals surface area contributed by atoms with Crippen molar-refractivity contribution in [3.8, 4) is 11.4 Å². The van der Waals surface area contributed by atoms with Gasteiger partial charge in [-0.15, -0.1) is 9.36 Å². The van der Waals surface area contributed by atoms with Gasteiger partial charge in [0.25, 0.3) is 0 Å². The molecule has 0 atom stereocenters. The molecule has 4 aromatic rings. The fourth-order valence-electron chi connectivity index (χ4n) is 3.62. The average molecular weight is 301 g/mol. The number of aryl methyl sites for hydroxylation is 2. The Balaban J connectivity index is 1.83. The van der Waals surface area contributed by atoms with Crippen LogP contribution in [0.3, 0.4) is 0 Å². The number of imidazole rings is 1. The molecule has 1 aliphatic heterocycles. The molecule has 0 fully saturated rings. The van der Waals surface area contributed by atoms with Crippen molar-refractivity contribution in [3.63, 3.8) is 0 Å². The second-order valence-corrected chi connectivity index (χ2v) is 6.21. The van der Waals surface area contributed by atoms with Crippen molar-refractivity contribution in [3.05, 3.63) is 71.8 Å². The first kappa shape index (κ1) is 12.6. The third-order valence-electron chi connectivity index (χ3n) is 4.74. The van der Waals surface area contributed by atoms with Gasteiger partial charge in [-0.25, -0.2) is 4.98 Å². The van der Waals surface area contributed by atoms with Gasteiger partial charge in [-0.1, -0.05) is 18.2 Å². The second kappa shape index (κ2) is 4.32. The minimum atomic E-state index is 0.913. The van der Waals surface area contributed by atoms with E-state index in [1.54, 1.807) is 0 Å². The zero-order valence-corrected chi connectivity index (χ0v) is 13.2. The van der Waals surface area contributed by atoms with E-state index in [-0.39, 0.29) is 0 Å². The first-order chi connectivity index (χ1) is 11.2. The third kappa shape index (κ3) is 1.66. The predicted octanol–water partition coefficient (Wildman–Crippen LogP) is 2.85. The smallest absolute Gasteiger partial charge is 0.195 e. The van der Waals surface area contributed by atoms with Gasteiger partial charge in [0.15, 0.2) is 13.2 Å². The van der Waals surface area contributed by atoms with Crippen molar-refractivity contribution in [2.24, 2.45) is 7.05 Å². The van der Waals surface area contributed by atoms with Crippen LogP contribution in [0.2, 0.25) is 0 Å². The van der Waals surface area contributed by atoms with Gasteiger partial charge in [0, 0.05) is 12.5 Å². The average Bonchev–Trinajstić information content (AvgIpc) is 3.19. The molecule has 0 spiro atoms. The molecular weight excluding hydrogens is 284 g/mol. The molecule has 23 heavy (non-hydrogen) atoms. The monoisotopic (exact) mass is 301 g/mol. The van der Waals surface area contributed by atoms with Crippen LogP contribution in [0, 0.1) is 6.92 Å². The molecule has 112 valence electrons. The fraction of sp³-hybridized carbons (Fsp3) is 0.158. The Hall–Kier alpha value is -2.88. The summed E-state index contributed by atoms with van der Waals surface area (Å²) in [5.41, 5.74) is 7.29. The summed E-state index contributed by atoms with van der Waals surface area (Å²) in [7, 11) is 2.06. The highest BCUT2D eigenvalue weighted by Gasteiger charge is 2.23. The largest absolute Gasteiger partial charge is 0.296 e. The van der Waals surface area contributed by atoms with Crippen LogP contribution in [-0.2, 0) is 13.5 Å². The summed E-state index contributed by atoms with van der Waals surface area (Å²) >= 11 is 0. The number of para-hydroxylation sites is 1. The highest BCUT2D eigenvalue weighted by Crippen LogP contribution is 2.33. The van der Waals surface area contributed by atoms with Crippen molar-refractivity contribution >= 4 is 11.0 Å². The van der Waals surface area contributed by atoms with Crippen LogP contribution in [0.4, 0.5) is 0 Å². The van der Waals surface area contributed by atoms with Crippen LogP contribution in [0.5, 0.6) is 0 Å². The lowest BCUT2D eigenvalue weighted by Crippen LogP contribution is -2.36. The van der Waals surface area contributed by atoms with Crippen LogP contribution in [0.1, 0.15) is 17.0 Å². The van der Waals surface area contributed by atoms with E-state index in [1.807, 2.05) is 0 Å².